The lowest BCUT2D eigenvalue weighted by molar-refractivity contribution is -0.116. The van der Waals surface area contributed by atoms with Gasteiger partial charge in [-0.2, -0.15) is 5.10 Å². The number of likely N-dealkylation sites (tertiary alicyclic amines) is 1. The number of hydrogen-bond donors (Lipinski definition) is 2. The maximum absolute atomic E-state index is 13.0. The van der Waals surface area contributed by atoms with Crippen LogP contribution >= 0.6 is 0 Å². The topological polar surface area (TPSA) is 78.1 Å². The predicted octanol–water partition coefficient (Wildman–Crippen LogP) is 1.53. The molecule has 0 spiro atoms. The zero-order valence-electron chi connectivity index (χ0n) is 14.6. The second-order valence-corrected chi connectivity index (χ2v) is 6.67. The van der Waals surface area contributed by atoms with Crippen LogP contribution in [0.2, 0.25) is 0 Å². The molecule has 1 aliphatic carbocycles. The van der Waals surface area contributed by atoms with Crippen molar-refractivity contribution in [2.45, 2.75) is 32.2 Å². The van der Waals surface area contributed by atoms with Gasteiger partial charge in [0, 0.05) is 30.3 Å². The Hall–Kier alpha value is -3.07. The number of hydrogen-bond acceptors (Lipinski definition) is 3. The van der Waals surface area contributed by atoms with Crippen LogP contribution in [-0.4, -0.2) is 46.0 Å². The Kier molecular flexibility index (Phi) is 4.21. The van der Waals surface area contributed by atoms with Crippen LogP contribution in [0.5, 0.6) is 0 Å². The quantitative estimate of drug-likeness (QED) is 0.808. The minimum atomic E-state index is -0.290. The molecule has 1 unspecified atom stereocenters. The number of benzene rings is 1. The van der Waals surface area contributed by atoms with Gasteiger partial charge in [-0.1, -0.05) is 30.2 Å². The van der Waals surface area contributed by atoms with E-state index in [0.29, 0.717) is 18.8 Å². The number of carbonyl (C=O) groups is 2. The Morgan fingerprint density at radius 3 is 3.00 bits per heavy atom. The van der Waals surface area contributed by atoms with Crippen LogP contribution in [0.15, 0.2) is 24.3 Å². The van der Waals surface area contributed by atoms with Crippen LogP contribution in [0.4, 0.5) is 0 Å². The van der Waals surface area contributed by atoms with Crippen LogP contribution in [0.25, 0.3) is 11.3 Å². The fourth-order valence-corrected chi connectivity index (χ4v) is 3.79. The lowest BCUT2D eigenvalue weighted by atomic mass is 9.89. The molecule has 1 saturated heterocycles. The molecule has 26 heavy (non-hydrogen) atoms. The van der Waals surface area contributed by atoms with Gasteiger partial charge in [0.2, 0.25) is 0 Å². The standard InChI is InChI=1S/C20H20N4O2/c1-2-5-17(25)21-14-10-11-24(12-14)20(26)19-16-9-8-13-6-3-4-7-15(13)18(16)22-23-19/h3-4,6-7,14H,8-12H2,1H3,(H,21,25)(H,22,23). The highest BCUT2D eigenvalue weighted by atomic mass is 16.2. The van der Waals surface area contributed by atoms with E-state index in [2.05, 4.69) is 39.5 Å². The van der Waals surface area contributed by atoms with E-state index in [9.17, 15) is 9.59 Å². The van der Waals surface area contributed by atoms with Gasteiger partial charge in [0.25, 0.3) is 11.8 Å². The Balaban J connectivity index is 1.51. The number of aromatic amines is 1. The molecule has 1 aromatic carbocycles. The summed E-state index contributed by atoms with van der Waals surface area (Å²) in [6.07, 6.45) is 2.46. The van der Waals surface area contributed by atoms with E-state index in [0.717, 1.165) is 36.1 Å². The third-order valence-electron chi connectivity index (χ3n) is 5.05. The normalized spacial score (nSPS) is 17.7. The minimum Gasteiger partial charge on any atom is -0.341 e. The van der Waals surface area contributed by atoms with E-state index in [-0.39, 0.29) is 17.9 Å². The average molecular weight is 348 g/mol. The molecule has 1 aromatic heterocycles. The molecular weight excluding hydrogens is 328 g/mol. The largest absolute Gasteiger partial charge is 0.341 e. The van der Waals surface area contributed by atoms with Crippen molar-refractivity contribution < 1.29 is 9.59 Å². The number of carbonyl (C=O) groups excluding carboxylic acids is 2. The number of nitrogens with one attached hydrogen (secondary N) is 2. The van der Waals surface area contributed by atoms with E-state index >= 15 is 0 Å². The molecule has 0 saturated carbocycles. The van der Waals surface area contributed by atoms with E-state index in [1.165, 1.54) is 5.56 Å². The molecule has 1 atom stereocenters. The molecule has 6 nitrogen and oxygen atoms in total. The average Bonchev–Trinajstić information content (AvgIpc) is 3.28. The molecule has 2 aromatic rings. The van der Waals surface area contributed by atoms with Crippen molar-refractivity contribution in [2.24, 2.45) is 0 Å². The maximum atomic E-state index is 13.0. The van der Waals surface area contributed by atoms with Crippen LogP contribution < -0.4 is 5.32 Å². The van der Waals surface area contributed by atoms with Crippen LogP contribution in [0.3, 0.4) is 0 Å². The summed E-state index contributed by atoms with van der Waals surface area (Å²) in [5.74, 6) is 4.72. The van der Waals surface area contributed by atoms with Gasteiger partial charge in [-0.15, -0.1) is 0 Å². The summed E-state index contributed by atoms with van der Waals surface area (Å²) in [5.41, 5.74) is 4.84. The first-order chi connectivity index (χ1) is 12.7. The molecule has 2 amide bonds. The fourth-order valence-electron chi connectivity index (χ4n) is 3.79. The van der Waals surface area contributed by atoms with Crippen molar-refractivity contribution in [2.75, 3.05) is 13.1 Å². The van der Waals surface area contributed by atoms with Crippen molar-refractivity contribution in [3.8, 4) is 23.1 Å². The van der Waals surface area contributed by atoms with Gasteiger partial charge in [-0.3, -0.25) is 14.7 Å². The highest BCUT2D eigenvalue weighted by Crippen LogP contribution is 2.33. The van der Waals surface area contributed by atoms with E-state index in [1.54, 1.807) is 11.8 Å². The van der Waals surface area contributed by atoms with E-state index in [1.807, 2.05) is 12.1 Å². The molecule has 2 aliphatic rings. The summed E-state index contributed by atoms with van der Waals surface area (Å²) in [7, 11) is 0. The molecule has 1 fully saturated rings. The van der Waals surface area contributed by atoms with Gasteiger partial charge in [0.15, 0.2) is 0 Å². The zero-order chi connectivity index (χ0) is 18.1. The summed E-state index contributed by atoms with van der Waals surface area (Å²) in [6, 6.07) is 8.15. The Labute approximate surface area is 152 Å². The van der Waals surface area contributed by atoms with Gasteiger partial charge in [-0.05, 0) is 37.7 Å². The number of aromatic nitrogens is 2. The molecule has 2 heterocycles. The molecule has 4 rings (SSSR count). The van der Waals surface area contributed by atoms with Crippen molar-refractivity contribution >= 4 is 11.8 Å². The third-order valence-corrected chi connectivity index (χ3v) is 5.05. The Bertz CT molecular complexity index is 935. The van der Waals surface area contributed by atoms with E-state index < -0.39 is 0 Å². The third kappa shape index (κ3) is 2.86. The highest BCUT2D eigenvalue weighted by molar-refractivity contribution is 5.96. The Morgan fingerprint density at radius 2 is 2.15 bits per heavy atom. The monoisotopic (exact) mass is 348 g/mol. The number of H-pyrrole nitrogens is 1. The lowest BCUT2D eigenvalue weighted by Gasteiger charge is -2.19. The predicted molar refractivity (Wildman–Crippen MR) is 97.3 cm³/mol. The fraction of sp³-hybridized carbons (Fsp3) is 0.350. The van der Waals surface area contributed by atoms with Gasteiger partial charge >= 0.3 is 0 Å². The number of fused-ring (bicyclic) bond motifs is 3. The van der Waals surface area contributed by atoms with Crippen molar-refractivity contribution in [1.29, 1.82) is 0 Å². The van der Waals surface area contributed by atoms with Crippen molar-refractivity contribution in [3.63, 3.8) is 0 Å². The summed E-state index contributed by atoms with van der Waals surface area (Å²) in [5, 5.41) is 10.2. The van der Waals surface area contributed by atoms with Gasteiger partial charge in [-0.25, -0.2) is 0 Å². The van der Waals surface area contributed by atoms with Gasteiger partial charge < -0.3 is 10.2 Å². The van der Waals surface area contributed by atoms with Crippen molar-refractivity contribution in [3.05, 3.63) is 41.1 Å². The number of aryl methyl sites for hydroxylation is 1. The van der Waals surface area contributed by atoms with Crippen LogP contribution in [0.1, 0.15) is 35.0 Å². The summed E-state index contributed by atoms with van der Waals surface area (Å²) in [6.45, 7) is 2.75. The molecule has 1 aliphatic heterocycles. The van der Waals surface area contributed by atoms with Gasteiger partial charge in [0.05, 0.1) is 5.69 Å². The summed E-state index contributed by atoms with van der Waals surface area (Å²) >= 11 is 0. The number of nitrogens with zero attached hydrogens (tertiary/aromatic N) is 2. The molecule has 2 N–H and O–H groups in total. The highest BCUT2D eigenvalue weighted by Gasteiger charge is 2.32. The van der Waals surface area contributed by atoms with Crippen molar-refractivity contribution in [1.82, 2.24) is 20.4 Å². The smallest absolute Gasteiger partial charge is 0.296 e. The second-order valence-electron chi connectivity index (χ2n) is 6.67. The first-order valence-electron chi connectivity index (χ1n) is 8.85. The number of rotatable bonds is 2. The Morgan fingerprint density at radius 1 is 1.31 bits per heavy atom. The second kappa shape index (κ2) is 6.68. The zero-order valence-corrected chi connectivity index (χ0v) is 14.6. The first-order valence-corrected chi connectivity index (χ1v) is 8.85. The molecular formula is C20H20N4O2. The van der Waals surface area contributed by atoms with E-state index in [4.69, 9.17) is 0 Å². The molecule has 0 radical (unpaired) electrons. The first kappa shape index (κ1) is 16.4. The van der Waals surface area contributed by atoms with Crippen LogP contribution in [0, 0.1) is 11.8 Å². The summed E-state index contributed by atoms with van der Waals surface area (Å²) < 4.78 is 0. The number of amides is 2. The van der Waals surface area contributed by atoms with Crippen LogP contribution in [-0.2, 0) is 17.6 Å². The minimum absolute atomic E-state index is 0.0449. The molecule has 0 bridgehead atoms. The molecule has 6 heteroatoms. The molecule has 132 valence electrons. The SMILES string of the molecule is CC#CC(=O)NC1CCN(C(=O)c2[nH]nc3c2CCc2ccccc2-3)C1. The van der Waals surface area contributed by atoms with Gasteiger partial charge in [0.1, 0.15) is 5.69 Å². The maximum Gasteiger partial charge on any atom is 0.296 e. The summed E-state index contributed by atoms with van der Waals surface area (Å²) in [4.78, 5) is 26.3. The lowest BCUT2D eigenvalue weighted by Crippen LogP contribution is -2.38.